The second-order valence-electron chi connectivity index (χ2n) is 3.92. The number of aromatic carboxylic acids is 1. The summed E-state index contributed by atoms with van der Waals surface area (Å²) in [5, 5.41) is 30.5. The van der Waals surface area contributed by atoms with Gasteiger partial charge in [-0.25, -0.2) is 14.8 Å². The zero-order valence-electron chi connectivity index (χ0n) is 9.95. The molecule has 0 amide bonds. The van der Waals surface area contributed by atoms with Crippen LogP contribution in [-0.2, 0) is 0 Å². The Hall–Kier alpha value is -2.25. The number of aliphatic hydroxyl groups excluding tert-OH is 2. The SMILES string of the molecule is O=C(O)c1nc(NC(CO)CO)c2ccccc2n1. The summed E-state index contributed by atoms with van der Waals surface area (Å²) in [5.74, 6) is -1.30. The lowest BCUT2D eigenvalue weighted by atomic mass is 10.2. The van der Waals surface area contributed by atoms with Crippen LogP contribution in [0, 0.1) is 0 Å². The predicted octanol–water partition coefficient (Wildman–Crippen LogP) is 0.0931. The zero-order valence-corrected chi connectivity index (χ0v) is 9.95. The van der Waals surface area contributed by atoms with Gasteiger partial charge in [-0.1, -0.05) is 12.1 Å². The molecule has 1 aromatic heterocycles. The average Bonchev–Trinajstić information content (AvgIpc) is 2.44. The second kappa shape index (κ2) is 5.59. The van der Waals surface area contributed by atoms with Gasteiger partial charge in [0.15, 0.2) is 0 Å². The van der Waals surface area contributed by atoms with Gasteiger partial charge in [0.2, 0.25) is 5.82 Å². The Balaban J connectivity index is 2.53. The van der Waals surface area contributed by atoms with E-state index in [0.29, 0.717) is 10.9 Å². The summed E-state index contributed by atoms with van der Waals surface area (Å²) in [5.41, 5.74) is 0.479. The fourth-order valence-corrected chi connectivity index (χ4v) is 1.62. The van der Waals surface area contributed by atoms with E-state index in [1.807, 2.05) is 0 Å². The van der Waals surface area contributed by atoms with Crippen LogP contribution in [0.4, 0.5) is 5.82 Å². The standard InChI is InChI=1S/C12H13N3O4/c16-5-7(6-17)13-10-8-3-1-2-4-9(8)14-11(15-10)12(18)19/h1-4,7,16-17H,5-6H2,(H,18,19)(H,13,14,15). The summed E-state index contributed by atoms with van der Waals surface area (Å²) in [6, 6.07) is 6.29. The first kappa shape index (κ1) is 13.2. The van der Waals surface area contributed by atoms with Crippen molar-refractivity contribution in [3.8, 4) is 0 Å². The highest BCUT2D eigenvalue weighted by molar-refractivity contribution is 5.93. The van der Waals surface area contributed by atoms with Crippen LogP contribution in [0.25, 0.3) is 10.9 Å². The summed E-state index contributed by atoms with van der Waals surface area (Å²) in [7, 11) is 0. The maximum atomic E-state index is 11.0. The Morgan fingerprint density at radius 3 is 2.53 bits per heavy atom. The molecular formula is C12H13N3O4. The molecule has 0 aliphatic carbocycles. The largest absolute Gasteiger partial charge is 0.475 e. The van der Waals surface area contributed by atoms with Gasteiger partial charge < -0.3 is 20.6 Å². The molecule has 0 bridgehead atoms. The minimum atomic E-state index is -1.24. The molecule has 0 aliphatic rings. The third-order valence-electron chi connectivity index (χ3n) is 2.58. The Morgan fingerprint density at radius 1 is 1.21 bits per heavy atom. The Bertz CT molecular complexity index is 599. The number of anilines is 1. The first-order valence-corrected chi connectivity index (χ1v) is 5.64. The molecule has 2 aromatic rings. The van der Waals surface area contributed by atoms with Crippen LogP contribution in [0.2, 0.25) is 0 Å². The maximum Gasteiger partial charge on any atom is 0.374 e. The molecular weight excluding hydrogens is 250 g/mol. The molecule has 19 heavy (non-hydrogen) atoms. The summed E-state index contributed by atoms with van der Waals surface area (Å²) < 4.78 is 0. The molecule has 0 spiro atoms. The summed E-state index contributed by atoms with van der Waals surface area (Å²) in [6.07, 6.45) is 0. The van der Waals surface area contributed by atoms with Gasteiger partial charge in [-0.05, 0) is 12.1 Å². The number of aliphatic hydroxyl groups is 2. The van der Waals surface area contributed by atoms with Crippen molar-refractivity contribution in [2.45, 2.75) is 6.04 Å². The van der Waals surface area contributed by atoms with Crippen LogP contribution in [0.3, 0.4) is 0 Å². The monoisotopic (exact) mass is 263 g/mol. The average molecular weight is 263 g/mol. The third-order valence-corrected chi connectivity index (χ3v) is 2.58. The lowest BCUT2D eigenvalue weighted by Crippen LogP contribution is -2.28. The van der Waals surface area contributed by atoms with Gasteiger partial charge in [0.25, 0.3) is 0 Å². The summed E-state index contributed by atoms with van der Waals surface area (Å²) in [4.78, 5) is 18.8. The molecule has 1 aromatic carbocycles. The molecule has 0 aliphatic heterocycles. The number of carboxylic acid groups (broad SMARTS) is 1. The highest BCUT2D eigenvalue weighted by Crippen LogP contribution is 2.20. The molecule has 4 N–H and O–H groups in total. The first-order valence-electron chi connectivity index (χ1n) is 5.64. The fourth-order valence-electron chi connectivity index (χ4n) is 1.62. The van der Waals surface area contributed by atoms with Gasteiger partial charge in [-0.3, -0.25) is 0 Å². The van der Waals surface area contributed by atoms with E-state index >= 15 is 0 Å². The van der Waals surface area contributed by atoms with Gasteiger partial charge in [0, 0.05) is 5.39 Å². The first-order chi connectivity index (χ1) is 9.15. The normalized spacial score (nSPS) is 10.9. The second-order valence-corrected chi connectivity index (χ2v) is 3.92. The lowest BCUT2D eigenvalue weighted by molar-refractivity contribution is 0.0684. The molecule has 0 unspecified atom stereocenters. The van der Waals surface area contributed by atoms with Crippen LogP contribution >= 0.6 is 0 Å². The van der Waals surface area contributed by atoms with E-state index in [9.17, 15) is 4.79 Å². The zero-order chi connectivity index (χ0) is 13.8. The molecule has 0 saturated carbocycles. The van der Waals surface area contributed by atoms with E-state index in [0.717, 1.165) is 0 Å². The fraction of sp³-hybridized carbons (Fsp3) is 0.250. The number of benzene rings is 1. The van der Waals surface area contributed by atoms with E-state index in [1.54, 1.807) is 24.3 Å². The predicted molar refractivity (Wildman–Crippen MR) is 68.1 cm³/mol. The van der Waals surface area contributed by atoms with Gasteiger partial charge in [-0.15, -0.1) is 0 Å². The molecule has 0 fully saturated rings. The van der Waals surface area contributed by atoms with Crippen LogP contribution in [-0.4, -0.2) is 50.5 Å². The Kier molecular flexibility index (Phi) is 3.88. The van der Waals surface area contributed by atoms with Crippen molar-refractivity contribution in [3.63, 3.8) is 0 Å². The maximum absolute atomic E-state index is 11.0. The summed E-state index contributed by atoms with van der Waals surface area (Å²) in [6.45, 7) is -0.589. The van der Waals surface area contributed by atoms with Crippen molar-refractivity contribution in [3.05, 3.63) is 30.1 Å². The Morgan fingerprint density at radius 2 is 1.89 bits per heavy atom. The van der Waals surface area contributed by atoms with E-state index in [1.165, 1.54) is 0 Å². The number of para-hydroxylation sites is 1. The van der Waals surface area contributed by atoms with Crippen molar-refractivity contribution < 1.29 is 20.1 Å². The number of rotatable bonds is 5. The number of aromatic nitrogens is 2. The summed E-state index contributed by atoms with van der Waals surface area (Å²) >= 11 is 0. The van der Waals surface area contributed by atoms with Gasteiger partial charge >= 0.3 is 5.97 Å². The van der Waals surface area contributed by atoms with Crippen molar-refractivity contribution in [2.75, 3.05) is 18.5 Å². The third kappa shape index (κ3) is 2.78. The van der Waals surface area contributed by atoms with E-state index in [4.69, 9.17) is 15.3 Å². The van der Waals surface area contributed by atoms with Gasteiger partial charge in [-0.2, -0.15) is 0 Å². The number of nitrogens with one attached hydrogen (secondary N) is 1. The van der Waals surface area contributed by atoms with Gasteiger partial charge in [0.1, 0.15) is 5.82 Å². The number of hydrogen-bond acceptors (Lipinski definition) is 6. The van der Waals surface area contributed by atoms with Crippen LogP contribution in [0.15, 0.2) is 24.3 Å². The van der Waals surface area contributed by atoms with Crippen LogP contribution in [0.1, 0.15) is 10.6 Å². The minimum absolute atomic E-state index is 0.274. The quantitative estimate of drug-likeness (QED) is 0.604. The van der Waals surface area contributed by atoms with E-state index < -0.39 is 12.0 Å². The smallest absolute Gasteiger partial charge is 0.374 e. The van der Waals surface area contributed by atoms with Crippen LogP contribution < -0.4 is 5.32 Å². The molecule has 0 saturated heterocycles. The lowest BCUT2D eigenvalue weighted by Gasteiger charge is -2.15. The topological polar surface area (TPSA) is 116 Å². The van der Waals surface area contributed by atoms with Crippen molar-refractivity contribution in [1.82, 2.24) is 9.97 Å². The Labute approximate surface area is 108 Å². The van der Waals surface area contributed by atoms with Crippen LogP contribution in [0.5, 0.6) is 0 Å². The molecule has 7 nitrogen and oxygen atoms in total. The van der Waals surface area contributed by atoms with E-state index in [-0.39, 0.29) is 24.9 Å². The number of carbonyl (C=O) groups is 1. The van der Waals surface area contributed by atoms with Crippen molar-refractivity contribution >= 4 is 22.7 Å². The molecule has 1 heterocycles. The van der Waals surface area contributed by atoms with E-state index in [2.05, 4.69) is 15.3 Å². The minimum Gasteiger partial charge on any atom is -0.475 e. The number of fused-ring (bicyclic) bond motifs is 1. The highest BCUT2D eigenvalue weighted by atomic mass is 16.4. The highest BCUT2D eigenvalue weighted by Gasteiger charge is 2.14. The molecule has 7 heteroatoms. The molecule has 0 atom stereocenters. The number of nitrogens with zero attached hydrogens (tertiary/aromatic N) is 2. The van der Waals surface area contributed by atoms with Crippen molar-refractivity contribution in [1.29, 1.82) is 0 Å². The molecule has 0 radical (unpaired) electrons. The van der Waals surface area contributed by atoms with Gasteiger partial charge in [0.05, 0.1) is 24.8 Å². The molecule has 100 valence electrons. The number of hydrogen-bond donors (Lipinski definition) is 4. The molecule has 2 rings (SSSR count). The number of carboxylic acids is 1. The van der Waals surface area contributed by atoms with Crippen molar-refractivity contribution in [2.24, 2.45) is 0 Å².